The van der Waals surface area contributed by atoms with E-state index in [0.29, 0.717) is 29.5 Å². The second-order valence-electron chi connectivity index (χ2n) is 7.77. The number of aryl methyl sites for hydroxylation is 1. The number of benzene rings is 2. The molecule has 3 aromatic rings. The highest BCUT2D eigenvalue weighted by Crippen LogP contribution is 2.35. The molecule has 1 unspecified atom stereocenters. The average molecular weight is 399 g/mol. The normalized spacial score (nSPS) is 16.5. The van der Waals surface area contributed by atoms with Gasteiger partial charge in [0.2, 0.25) is 0 Å². The standard InChI is InChI=1S/C22H23ClN2O3/c1-22(2,27)14-5-7-16-17(8-9-28-20(16)11-14)24-21(26)19-10-13-4-6-15(23)12-18(13)25(19)3/h4-7,10-12,17,27H,8-9H2,1-3H3,(H,24,26). The summed E-state index contributed by atoms with van der Waals surface area (Å²) >= 11 is 6.09. The third-order valence-corrected chi connectivity index (χ3v) is 5.54. The number of aromatic nitrogens is 1. The van der Waals surface area contributed by atoms with Gasteiger partial charge in [-0.15, -0.1) is 0 Å². The monoisotopic (exact) mass is 398 g/mol. The van der Waals surface area contributed by atoms with E-state index in [0.717, 1.165) is 22.0 Å². The number of carbonyl (C=O) groups excluding carboxylic acids is 1. The van der Waals surface area contributed by atoms with Crippen LogP contribution in [0.4, 0.5) is 0 Å². The van der Waals surface area contributed by atoms with E-state index in [1.165, 1.54) is 0 Å². The molecule has 0 aliphatic carbocycles. The number of hydrogen-bond acceptors (Lipinski definition) is 3. The number of aliphatic hydroxyl groups is 1. The molecule has 0 saturated heterocycles. The van der Waals surface area contributed by atoms with Crippen molar-refractivity contribution in [2.24, 2.45) is 7.05 Å². The molecule has 0 bridgehead atoms. The van der Waals surface area contributed by atoms with Crippen LogP contribution >= 0.6 is 11.6 Å². The predicted octanol–water partition coefficient (Wildman–Crippen LogP) is 4.31. The molecule has 0 radical (unpaired) electrons. The van der Waals surface area contributed by atoms with Crippen molar-refractivity contribution in [1.29, 1.82) is 0 Å². The predicted molar refractivity (Wildman–Crippen MR) is 110 cm³/mol. The topological polar surface area (TPSA) is 63.5 Å². The zero-order valence-electron chi connectivity index (χ0n) is 16.1. The minimum absolute atomic E-state index is 0.140. The van der Waals surface area contributed by atoms with Gasteiger partial charge in [0.05, 0.1) is 18.2 Å². The fourth-order valence-corrected chi connectivity index (χ4v) is 3.84. The van der Waals surface area contributed by atoms with Crippen molar-refractivity contribution in [1.82, 2.24) is 9.88 Å². The summed E-state index contributed by atoms with van der Waals surface area (Å²) in [6.45, 7) is 3.99. The molecular weight excluding hydrogens is 376 g/mol. The first-order valence-electron chi connectivity index (χ1n) is 9.29. The quantitative estimate of drug-likeness (QED) is 0.690. The molecule has 0 saturated carbocycles. The number of carbonyl (C=O) groups is 1. The number of fused-ring (bicyclic) bond motifs is 2. The number of halogens is 1. The lowest BCUT2D eigenvalue weighted by Crippen LogP contribution is -2.33. The van der Waals surface area contributed by atoms with E-state index in [1.807, 2.05) is 54.1 Å². The SMILES string of the molecule is Cn1c(C(=O)NC2CCOc3cc(C(C)(C)O)ccc32)cc2ccc(Cl)cc21. The zero-order chi connectivity index (χ0) is 20.1. The number of amides is 1. The van der Waals surface area contributed by atoms with Gasteiger partial charge < -0.3 is 19.7 Å². The Hall–Kier alpha value is -2.50. The molecule has 0 fully saturated rings. The highest BCUT2D eigenvalue weighted by molar-refractivity contribution is 6.31. The molecule has 4 rings (SSSR count). The summed E-state index contributed by atoms with van der Waals surface area (Å²) in [7, 11) is 1.86. The fourth-order valence-electron chi connectivity index (χ4n) is 3.67. The van der Waals surface area contributed by atoms with Crippen molar-refractivity contribution in [2.75, 3.05) is 6.61 Å². The fraction of sp³-hybridized carbons (Fsp3) is 0.318. The Morgan fingerprint density at radius 2 is 2.04 bits per heavy atom. The van der Waals surface area contributed by atoms with Crippen LogP contribution in [0.15, 0.2) is 42.5 Å². The smallest absolute Gasteiger partial charge is 0.268 e. The minimum atomic E-state index is -0.945. The van der Waals surface area contributed by atoms with Crippen LogP contribution in [0.2, 0.25) is 5.02 Å². The zero-order valence-corrected chi connectivity index (χ0v) is 16.9. The Bertz CT molecular complexity index is 1070. The molecule has 1 aliphatic heterocycles. The van der Waals surface area contributed by atoms with E-state index < -0.39 is 5.60 Å². The average Bonchev–Trinajstić information content (AvgIpc) is 2.97. The molecular formula is C22H23ClN2O3. The lowest BCUT2D eigenvalue weighted by atomic mass is 9.93. The van der Waals surface area contributed by atoms with Crippen molar-refractivity contribution >= 4 is 28.4 Å². The Balaban J connectivity index is 1.62. The molecule has 2 N–H and O–H groups in total. The van der Waals surface area contributed by atoms with Crippen LogP contribution in [0.25, 0.3) is 10.9 Å². The van der Waals surface area contributed by atoms with Crippen LogP contribution in [0.5, 0.6) is 5.75 Å². The maximum Gasteiger partial charge on any atom is 0.268 e. The van der Waals surface area contributed by atoms with E-state index >= 15 is 0 Å². The van der Waals surface area contributed by atoms with E-state index in [1.54, 1.807) is 13.8 Å². The Labute approximate surface area is 168 Å². The molecule has 0 spiro atoms. The second kappa shape index (κ2) is 6.83. The van der Waals surface area contributed by atoms with Gasteiger partial charge in [-0.2, -0.15) is 0 Å². The lowest BCUT2D eigenvalue weighted by molar-refractivity contribution is 0.0778. The molecule has 5 nitrogen and oxygen atoms in total. The maximum atomic E-state index is 13.0. The molecule has 1 aromatic heterocycles. The second-order valence-corrected chi connectivity index (χ2v) is 8.20. The highest BCUT2D eigenvalue weighted by atomic mass is 35.5. The van der Waals surface area contributed by atoms with Crippen molar-refractivity contribution in [3.05, 3.63) is 64.3 Å². The number of nitrogens with zero attached hydrogens (tertiary/aromatic N) is 1. The molecule has 146 valence electrons. The largest absolute Gasteiger partial charge is 0.493 e. The van der Waals surface area contributed by atoms with Crippen LogP contribution < -0.4 is 10.1 Å². The van der Waals surface area contributed by atoms with Crippen molar-refractivity contribution in [3.8, 4) is 5.75 Å². The van der Waals surface area contributed by atoms with Gasteiger partial charge in [0, 0.05) is 35.0 Å². The Morgan fingerprint density at radius 1 is 1.25 bits per heavy atom. The lowest BCUT2D eigenvalue weighted by Gasteiger charge is -2.28. The Morgan fingerprint density at radius 3 is 2.79 bits per heavy atom. The third-order valence-electron chi connectivity index (χ3n) is 5.30. The molecule has 28 heavy (non-hydrogen) atoms. The summed E-state index contributed by atoms with van der Waals surface area (Å²) in [5.74, 6) is 0.569. The first-order chi connectivity index (χ1) is 13.2. The molecule has 1 amide bonds. The van der Waals surface area contributed by atoms with Gasteiger partial charge in [0.15, 0.2) is 0 Å². The number of ether oxygens (including phenoxy) is 1. The first-order valence-corrected chi connectivity index (χ1v) is 9.67. The highest BCUT2D eigenvalue weighted by Gasteiger charge is 2.27. The van der Waals surface area contributed by atoms with Crippen molar-refractivity contribution < 1.29 is 14.6 Å². The number of hydrogen-bond donors (Lipinski definition) is 2. The summed E-state index contributed by atoms with van der Waals surface area (Å²) in [5, 5.41) is 15.0. The molecule has 2 heterocycles. The van der Waals surface area contributed by atoms with Crippen LogP contribution in [0, 0.1) is 0 Å². The van der Waals surface area contributed by atoms with Crippen molar-refractivity contribution in [2.45, 2.75) is 31.9 Å². The van der Waals surface area contributed by atoms with Gasteiger partial charge in [-0.3, -0.25) is 4.79 Å². The van der Waals surface area contributed by atoms with E-state index in [2.05, 4.69) is 5.32 Å². The van der Waals surface area contributed by atoms with Crippen LogP contribution in [-0.2, 0) is 12.6 Å². The van der Waals surface area contributed by atoms with Gasteiger partial charge in [-0.1, -0.05) is 29.8 Å². The Kier molecular flexibility index (Phi) is 4.60. The van der Waals surface area contributed by atoms with Gasteiger partial charge >= 0.3 is 0 Å². The summed E-state index contributed by atoms with van der Waals surface area (Å²) in [4.78, 5) is 13.0. The molecule has 2 aromatic carbocycles. The van der Waals surface area contributed by atoms with Crippen LogP contribution in [0.3, 0.4) is 0 Å². The summed E-state index contributed by atoms with van der Waals surface area (Å²) in [6.07, 6.45) is 0.691. The molecule has 1 atom stereocenters. The number of nitrogens with one attached hydrogen (secondary N) is 1. The molecule has 6 heteroatoms. The van der Waals surface area contributed by atoms with Gasteiger partial charge in [-0.25, -0.2) is 0 Å². The van der Waals surface area contributed by atoms with Gasteiger partial charge in [0.25, 0.3) is 5.91 Å². The summed E-state index contributed by atoms with van der Waals surface area (Å²) in [5.41, 5.74) is 2.26. The third kappa shape index (κ3) is 3.36. The maximum absolute atomic E-state index is 13.0. The van der Waals surface area contributed by atoms with E-state index in [4.69, 9.17) is 16.3 Å². The molecule has 1 aliphatic rings. The van der Waals surface area contributed by atoms with Gasteiger partial charge in [-0.05, 0) is 43.7 Å². The van der Waals surface area contributed by atoms with Crippen molar-refractivity contribution in [3.63, 3.8) is 0 Å². The van der Waals surface area contributed by atoms with E-state index in [-0.39, 0.29) is 11.9 Å². The minimum Gasteiger partial charge on any atom is -0.493 e. The van der Waals surface area contributed by atoms with Crippen LogP contribution in [0.1, 0.15) is 47.9 Å². The van der Waals surface area contributed by atoms with Gasteiger partial charge in [0.1, 0.15) is 11.4 Å². The summed E-state index contributed by atoms with van der Waals surface area (Å²) < 4.78 is 7.63. The van der Waals surface area contributed by atoms with E-state index in [9.17, 15) is 9.90 Å². The first kappa shape index (κ1) is 18.8. The number of rotatable bonds is 3. The van der Waals surface area contributed by atoms with Crippen LogP contribution in [-0.4, -0.2) is 22.2 Å². The summed E-state index contributed by atoms with van der Waals surface area (Å²) in [6, 6.07) is 13.0.